The maximum absolute atomic E-state index is 13.7. The van der Waals surface area contributed by atoms with Gasteiger partial charge in [0.25, 0.3) is 11.5 Å². The number of aromatic nitrogens is 3. The van der Waals surface area contributed by atoms with E-state index >= 15 is 0 Å². The van der Waals surface area contributed by atoms with E-state index in [9.17, 15) is 23.5 Å². The van der Waals surface area contributed by atoms with Gasteiger partial charge in [0.15, 0.2) is 5.69 Å². The summed E-state index contributed by atoms with van der Waals surface area (Å²) in [5.74, 6) is -1.20. The molecule has 1 unspecified atom stereocenters. The van der Waals surface area contributed by atoms with E-state index in [0.717, 1.165) is 0 Å². The Morgan fingerprint density at radius 1 is 1.29 bits per heavy atom. The molecule has 3 heterocycles. The molecule has 11 heteroatoms. The first-order chi connectivity index (χ1) is 16.5. The second-order valence-electron chi connectivity index (χ2n) is 8.43. The van der Waals surface area contributed by atoms with E-state index in [0.29, 0.717) is 16.6 Å². The van der Waals surface area contributed by atoms with Crippen molar-refractivity contribution in [2.75, 3.05) is 23.3 Å². The topological polar surface area (TPSA) is 100 Å². The standard InChI is InChI=1S/C24H22ClF2N5O3/c1-4-14-11-15(13(2)28-17-5-6-18(25)29-20(17)22(34)35)19-16(12-14)21(33)31(3)23(30-19)32-9-7-24(26,27)8-10-32/h1,5-6,11-13,28H,7-10H2,2-3H3,(H,34,35). The van der Waals surface area contributed by atoms with Crippen molar-refractivity contribution >= 4 is 40.1 Å². The highest BCUT2D eigenvalue weighted by atomic mass is 35.5. The average Bonchev–Trinajstić information content (AvgIpc) is 2.82. The molecule has 0 saturated carbocycles. The van der Waals surface area contributed by atoms with Gasteiger partial charge in [0.2, 0.25) is 5.95 Å². The van der Waals surface area contributed by atoms with Gasteiger partial charge in [-0.15, -0.1) is 6.42 Å². The van der Waals surface area contributed by atoms with Crippen molar-refractivity contribution in [3.05, 3.63) is 56.6 Å². The molecule has 0 radical (unpaired) electrons. The zero-order chi connectivity index (χ0) is 25.5. The first-order valence-corrected chi connectivity index (χ1v) is 11.2. The van der Waals surface area contributed by atoms with Crippen LogP contribution in [0, 0.1) is 12.3 Å². The Balaban J connectivity index is 1.83. The Kier molecular flexibility index (Phi) is 6.38. The van der Waals surface area contributed by atoms with E-state index < -0.39 is 17.9 Å². The molecule has 0 spiro atoms. The molecule has 35 heavy (non-hydrogen) atoms. The minimum atomic E-state index is -2.74. The van der Waals surface area contributed by atoms with Crippen LogP contribution in [0.2, 0.25) is 5.15 Å². The van der Waals surface area contributed by atoms with Crippen LogP contribution in [0.25, 0.3) is 10.9 Å². The van der Waals surface area contributed by atoms with E-state index in [1.54, 1.807) is 31.0 Å². The molecule has 1 fully saturated rings. The number of benzene rings is 1. The predicted molar refractivity (Wildman–Crippen MR) is 130 cm³/mol. The lowest BCUT2D eigenvalue weighted by Crippen LogP contribution is -2.42. The number of anilines is 2. The normalized spacial score (nSPS) is 16.1. The summed E-state index contributed by atoms with van der Waals surface area (Å²) in [6, 6.07) is 5.64. The fourth-order valence-corrected chi connectivity index (χ4v) is 4.29. The fraction of sp³-hybridized carbons (Fsp3) is 0.333. The van der Waals surface area contributed by atoms with Crippen molar-refractivity contribution in [2.45, 2.75) is 31.7 Å². The van der Waals surface area contributed by atoms with Gasteiger partial charge in [-0.2, -0.15) is 0 Å². The summed E-state index contributed by atoms with van der Waals surface area (Å²) in [7, 11) is 1.54. The Bertz CT molecular complexity index is 1420. The molecule has 4 rings (SSSR count). The number of terminal acetylenes is 1. The van der Waals surface area contributed by atoms with E-state index in [4.69, 9.17) is 23.0 Å². The van der Waals surface area contributed by atoms with Gasteiger partial charge in [-0.1, -0.05) is 17.5 Å². The van der Waals surface area contributed by atoms with Crippen LogP contribution in [-0.4, -0.2) is 44.6 Å². The summed E-state index contributed by atoms with van der Waals surface area (Å²) in [5, 5.41) is 12.9. The van der Waals surface area contributed by atoms with Gasteiger partial charge in [0.05, 0.1) is 22.6 Å². The van der Waals surface area contributed by atoms with E-state index in [1.165, 1.54) is 16.7 Å². The molecule has 3 aromatic rings. The Labute approximate surface area is 204 Å². The highest BCUT2D eigenvalue weighted by molar-refractivity contribution is 6.29. The Hall–Kier alpha value is -3.71. The van der Waals surface area contributed by atoms with Crippen LogP contribution in [0.15, 0.2) is 29.1 Å². The first-order valence-electron chi connectivity index (χ1n) is 10.8. The van der Waals surface area contributed by atoms with Gasteiger partial charge in [-0.3, -0.25) is 9.36 Å². The predicted octanol–water partition coefficient (Wildman–Crippen LogP) is 4.07. The number of hydrogen-bond donors (Lipinski definition) is 2. The number of halogens is 3. The Morgan fingerprint density at radius 3 is 2.60 bits per heavy atom. The van der Waals surface area contributed by atoms with Crippen LogP contribution < -0.4 is 15.8 Å². The molecule has 1 aromatic carbocycles. The number of piperidine rings is 1. The minimum Gasteiger partial charge on any atom is -0.476 e. The zero-order valence-electron chi connectivity index (χ0n) is 19.0. The van der Waals surface area contributed by atoms with Crippen LogP contribution in [0.5, 0.6) is 0 Å². The number of hydrogen-bond acceptors (Lipinski definition) is 6. The van der Waals surface area contributed by atoms with Crippen LogP contribution in [0.1, 0.15) is 47.4 Å². The van der Waals surface area contributed by atoms with Crippen molar-refractivity contribution in [3.63, 3.8) is 0 Å². The van der Waals surface area contributed by atoms with Gasteiger partial charge in [0, 0.05) is 44.1 Å². The van der Waals surface area contributed by atoms with Crippen molar-refractivity contribution in [1.82, 2.24) is 14.5 Å². The lowest BCUT2D eigenvalue weighted by molar-refractivity contribution is -0.0223. The van der Waals surface area contributed by atoms with Crippen molar-refractivity contribution < 1.29 is 18.7 Å². The lowest BCUT2D eigenvalue weighted by atomic mass is 10.0. The molecule has 182 valence electrons. The number of pyridine rings is 1. The van der Waals surface area contributed by atoms with Gasteiger partial charge >= 0.3 is 5.97 Å². The third kappa shape index (κ3) is 4.77. The number of nitrogens with zero attached hydrogens (tertiary/aromatic N) is 4. The molecule has 1 aliphatic heterocycles. The SMILES string of the molecule is C#Cc1cc(C(C)Nc2ccc(Cl)nc2C(=O)O)c2nc(N3CCC(F)(F)CC3)n(C)c(=O)c2c1. The van der Waals surface area contributed by atoms with Crippen LogP contribution >= 0.6 is 11.6 Å². The van der Waals surface area contributed by atoms with Crippen LogP contribution in [0.3, 0.4) is 0 Å². The number of carbonyl (C=O) groups is 1. The Morgan fingerprint density at radius 2 is 1.97 bits per heavy atom. The third-order valence-electron chi connectivity index (χ3n) is 6.03. The lowest BCUT2D eigenvalue weighted by Gasteiger charge is -2.33. The van der Waals surface area contributed by atoms with Crippen molar-refractivity contribution in [3.8, 4) is 12.3 Å². The molecule has 1 aliphatic rings. The molecule has 0 amide bonds. The first kappa shape index (κ1) is 24.4. The molecule has 8 nitrogen and oxygen atoms in total. The van der Waals surface area contributed by atoms with Crippen LogP contribution in [-0.2, 0) is 7.05 Å². The number of fused-ring (bicyclic) bond motifs is 1. The molecule has 2 N–H and O–H groups in total. The van der Waals surface area contributed by atoms with Gasteiger partial charge in [0.1, 0.15) is 5.15 Å². The van der Waals surface area contributed by atoms with Crippen molar-refractivity contribution in [1.29, 1.82) is 0 Å². The van der Waals surface area contributed by atoms with E-state index in [1.807, 2.05) is 0 Å². The zero-order valence-corrected chi connectivity index (χ0v) is 19.7. The summed E-state index contributed by atoms with van der Waals surface area (Å²) in [6.45, 7) is 1.88. The summed E-state index contributed by atoms with van der Waals surface area (Å²) in [5.41, 5.74) is 0.920. The number of carboxylic acids is 1. The molecular formula is C24H22ClF2N5O3. The number of rotatable bonds is 5. The van der Waals surface area contributed by atoms with E-state index in [2.05, 4.69) is 16.2 Å². The number of alkyl halides is 2. The third-order valence-corrected chi connectivity index (χ3v) is 6.24. The molecular weight excluding hydrogens is 480 g/mol. The highest BCUT2D eigenvalue weighted by Gasteiger charge is 2.35. The van der Waals surface area contributed by atoms with Gasteiger partial charge in [-0.05, 0) is 31.2 Å². The number of nitrogens with one attached hydrogen (secondary N) is 1. The smallest absolute Gasteiger partial charge is 0.356 e. The molecule has 0 bridgehead atoms. The molecule has 2 aromatic heterocycles. The van der Waals surface area contributed by atoms with E-state index in [-0.39, 0.29) is 59.4 Å². The maximum Gasteiger partial charge on any atom is 0.356 e. The molecule has 1 atom stereocenters. The minimum absolute atomic E-state index is 0.0299. The van der Waals surface area contributed by atoms with Crippen LogP contribution in [0.4, 0.5) is 20.4 Å². The quantitative estimate of drug-likeness (QED) is 0.401. The van der Waals surface area contributed by atoms with Crippen molar-refractivity contribution in [2.24, 2.45) is 7.05 Å². The van der Waals surface area contributed by atoms with Gasteiger partial charge in [-0.25, -0.2) is 23.5 Å². The molecule has 0 aliphatic carbocycles. The summed E-state index contributed by atoms with van der Waals surface area (Å²) < 4.78 is 28.7. The monoisotopic (exact) mass is 501 g/mol. The number of carboxylic acid groups (broad SMARTS) is 1. The fourth-order valence-electron chi connectivity index (χ4n) is 4.15. The highest BCUT2D eigenvalue weighted by Crippen LogP contribution is 2.32. The maximum atomic E-state index is 13.7. The largest absolute Gasteiger partial charge is 0.476 e. The summed E-state index contributed by atoms with van der Waals surface area (Å²) in [4.78, 5) is 35.1. The van der Waals surface area contributed by atoms with Gasteiger partial charge < -0.3 is 15.3 Å². The number of aromatic carboxylic acids is 1. The second-order valence-corrected chi connectivity index (χ2v) is 8.81. The summed E-state index contributed by atoms with van der Waals surface area (Å²) >= 11 is 5.85. The summed E-state index contributed by atoms with van der Waals surface area (Å²) in [6.07, 6.45) is 4.96. The molecule has 1 saturated heterocycles. The second kappa shape index (κ2) is 9.15. The average molecular weight is 502 g/mol.